The van der Waals surface area contributed by atoms with Crippen molar-refractivity contribution in [3.05, 3.63) is 65.0 Å². The van der Waals surface area contributed by atoms with Crippen LogP contribution in [0.3, 0.4) is 0 Å². The highest BCUT2D eigenvalue weighted by atomic mass is 15.0. The first-order valence-electron chi connectivity index (χ1n) is 7.48. The van der Waals surface area contributed by atoms with E-state index in [0.717, 1.165) is 12.8 Å². The van der Waals surface area contributed by atoms with Crippen molar-refractivity contribution >= 4 is 0 Å². The van der Waals surface area contributed by atoms with Crippen LogP contribution in [0.1, 0.15) is 54.2 Å². The first-order chi connectivity index (χ1) is 10.3. The van der Waals surface area contributed by atoms with Crippen LogP contribution >= 0.6 is 0 Å². The number of fused-ring (bicyclic) bond motifs is 1. The molecule has 0 radical (unpaired) electrons. The largest absolute Gasteiger partial charge is 0.302 e. The van der Waals surface area contributed by atoms with Gasteiger partial charge in [0.25, 0.3) is 0 Å². The maximum Gasteiger partial charge on any atom is 0.0991 e. The van der Waals surface area contributed by atoms with Crippen molar-refractivity contribution in [2.75, 3.05) is 0 Å². The van der Waals surface area contributed by atoms with Gasteiger partial charge in [0.05, 0.1) is 23.4 Å². The number of nitriles is 1. The third-order valence-electron chi connectivity index (χ3n) is 4.19. The molecule has 21 heavy (non-hydrogen) atoms. The van der Waals surface area contributed by atoms with Crippen molar-refractivity contribution in [2.24, 2.45) is 0 Å². The van der Waals surface area contributed by atoms with Gasteiger partial charge >= 0.3 is 0 Å². The molecule has 2 unspecified atom stereocenters. The summed E-state index contributed by atoms with van der Waals surface area (Å²) >= 11 is 0. The van der Waals surface area contributed by atoms with Gasteiger partial charge in [0.15, 0.2) is 0 Å². The third-order valence-corrected chi connectivity index (χ3v) is 4.19. The van der Waals surface area contributed by atoms with E-state index in [-0.39, 0.29) is 6.04 Å². The summed E-state index contributed by atoms with van der Waals surface area (Å²) in [6.45, 7) is 2.17. The number of aromatic nitrogens is 1. The number of hydrogen-bond donors (Lipinski definition) is 1. The first kappa shape index (κ1) is 13.8. The highest BCUT2D eigenvalue weighted by molar-refractivity contribution is 5.33. The zero-order valence-electron chi connectivity index (χ0n) is 12.2. The van der Waals surface area contributed by atoms with Gasteiger partial charge in [0.2, 0.25) is 0 Å². The summed E-state index contributed by atoms with van der Waals surface area (Å²) in [4.78, 5) is 4.57. The summed E-state index contributed by atoms with van der Waals surface area (Å²) in [7, 11) is 0. The molecule has 1 N–H and O–H groups in total. The monoisotopic (exact) mass is 277 g/mol. The van der Waals surface area contributed by atoms with Gasteiger partial charge in [-0.3, -0.25) is 4.98 Å². The fraction of sp³-hybridized carbons (Fsp3) is 0.333. The zero-order chi connectivity index (χ0) is 14.7. The van der Waals surface area contributed by atoms with E-state index in [1.807, 2.05) is 36.5 Å². The molecule has 0 spiro atoms. The van der Waals surface area contributed by atoms with Crippen LogP contribution in [-0.4, -0.2) is 4.98 Å². The summed E-state index contributed by atoms with van der Waals surface area (Å²) < 4.78 is 0. The number of nitrogens with zero attached hydrogens (tertiary/aromatic N) is 2. The normalized spacial score (nSPS) is 18.6. The molecule has 0 saturated heterocycles. The Labute approximate surface area is 125 Å². The molecular formula is C18H19N3. The van der Waals surface area contributed by atoms with Gasteiger partial charge in [0.1, 0.15) is 0 Å². The Bertz CT molecular complexity index is 655. The quantitative estimate of drug-likeness (QED) is 0.931. The molecule has 1 heterocycles. The maximum atomic E-state index is 8.86. The lowest BCUT2D eigenvalue weighted by molar-refractivity contribution is 0.406. The van der Waals surface area contributed by atoms with E-state index in [2.05, 4.69) is 29.4 Å². The molecule has 3 nitrogen and oxygen atoms in total. The average Bonchev–Trinajstić information content (AvgIpc) is 2.55. The van der Waals surface area contributed by atoms with Crippen molar-refractivity contribution in [1.29, 1.82) is 5.26 Å². The van der Waals surface area contributed by atoms with Crippen LogP contribution in [0.15, 0.2) is 42.6 Å². The summed E-state index contributed by atoms with van der Waals surface area (Å²) in [5, 5.41) is 12.5. The van der Waals surface area contributed by atoms with Gasteiger partial charge in [-0.05, 0) is 55.5 Å². The lowest BCUT2D eigenvalue weighted by Crippen LogP contribution is -2.28. The van der Waals surface area contributed by atoms with Crippen molar-refractivity contribution in [1.82, 2.24) is 10.3 Å². The lowest BCUT2D eigenvalue weighted by atomic mass is 9.91. The van der Waals surface area contributed by atoms with E-state index in [1.165, 1.54) is 23.2 Å². The fourth-order valence-electron chi connectivity index (χ4n) is 3.02. The van der Waals surface area contributed by atoms with Crippen molar-refractivity contribution in [2.45, 2.75) is 38.3 Å². The smallest absolute Gasteiger partial charge is 0.0991 e. The summed E-state index contributed by atoms with van der Waals surface area (Å²) in [5.41, 5.74) is 4.48. The number of hydrogen-bond acceptors (Lipinski definition) is 3. The molecular weight excluding hydrogens is 258 g/mol. The number of benzene rings is 1. The van der Waals surface area contributed by atoms with E-state index >= 15 is 0 Å². The molecule has 0 fully saturated rings. The van der Waals surface area contributed by atoms with Crippen LogP contribution in [0.4, 0.5) is 0 Å². The Hall–Kier alpha value is -2.18. The molecule has 0 saturated carbocycles. The fourth-order valence-corrected chi connectivity index (χ4v) is 3.02. The minimum absolute atomic E-state index is 0.246. The first-order valence-corrected chi connectivity index (χ1v) is 7.48. The standard InChI is InChI=1S/C18H19N3/c1-13(15-9-7-14(12-19)8-10-15)21-17-6-2-4-16-5-3-11-20-18(16)17/h3,5,7-11,13,17,21H,2,4,6H2,1H3. The highest BCUT2D eigenvalue weighted by Gasteiger charge is 2.22. The molecule has 2 aromatic rings. The average molecular weight is 277 g/mol. The van der Waals surface area contributed by atoms with Crippen LogP contribution in [0.2, 0.25) is 0 Å². The minimum Gasteiger partial charge on any atom is -0.302 e. The molecule has 0 aliphatic heterocycles. The second-order valence-electron chi connectivity index (χ2n) is 5.61. The Balaban J connectivity index is 1.76. The van der Waals surface area contributed by atoms with E-state index in [0.29, 0.717) is 11.6 Å². The van der Waals surface area contributed by atoms with E-state index in [9.17, 15) is 0 Å². The maximum absolute atomic E-state index is 8.86. The van der Waals surface area contributed by atoms with Crippen LogP contribution in [0, 0.1) is 11.3 Å². The third kappa shape index (κ3) is 2.96. The van der Waals surface area contributed by atoms with Crippen molar-refractivity contribution < 1.29 is 0 Å². The predicted molar refractivity (Wildman–Crippen MR) is 82.6 cm³/mol. The summed E-state index contributed by atoms with van der Waals surface area (Å²) in [5.74, 6) is 0. The van der Waals surface area contributed by atoms with Crippen LogP contribution in [-0.2, 0) is 6.42 Å². The molecule has 1 aromatic heterocycles. The molecule has 3 rings (SSSR count). The van der Waals surface area contributed by atoms with Crippen molar-refractivity contribution in [3.8, 4) is 6.07 Å². The predicted octanol–water partition coefficient (Wildman–Crippen LogP) is 3.68. The van der Waals surface area contributed by atoms with Gasteiger partial charge < -0.3 is 5.32 Å². The van der Waals surface area contributed by atoms with Gasteiger partial charge in [0, 0.05) is 12.2 Å². The van der Waals surface area contributed by atoms with Crippen molar-refractivity contribution in [3.63, 3.8) is 0 Å². The Morgan fingerprint density at radius 1 is 1.29 bits per heavy atom. The molecule has 106 valence electrons. The molecule has 1 aromatic carbocycles. The molecule has 2 atom stereocenters. The van der Waals surface area contributed by atoms with Gasteiger partial charge in [-0.25, -0.2) is 0 Å². The number of rotatable bonds is 3. The van der Waals surface area contributed by atoms with E-state index < -0.39 is 0 Å². The van der Waals surface area contributed by atoms with E-state index in [4.69, 9.17) is 5.26 Å². The Morgan fingerprint density at radius 3 is 2.86 bits per heavy atom. The van der Waals surface area contributed by atoms with Gasteiger partial charge in [-0.15, -0.1) is 0 Å². The second kappa shape index (κ2) is 6.07. The number of pyridine rings is 1. The van der Waals surface area contributed by atoms with Crippen LogP contribution in [0.5, 0.6) is 0 Å². The summed E-state index contributed by atoms with van der Waals surface area (Å²) in [6.07, 6.45) is 5.35. The molecule has 1 aliphatic rings. The minimum atomic E-state index is 0.246. The molecule has 0 bridgehead atoms. The Morgan fingerprint density at radius 2 is 2.10 bits per heavy atom. The van der Waals surface area contributed by atoms with Crippen LogP contribution in [0.25, 0.3) is 0 Å². The SMILES string of the molecule is CC(NC1CCCc2cccnc21)c1ccc(C#N)cc1. The van der Waals surface area contributed by atoms with Crippen LogP contribution < -0.4 is 5.32 Å². The molecule has 3 heteroatoms. The van der Waals surface area contributed by atoms with Gasteiger partial charge in [-0.2, -0.15) is 5.26 Å². The Kier molecular flexibility index (Phi) is 3.98. The van der Waals surface area contributed by atoms with Gasteiger partial charge in [-0.1, -0.05) is 18.2 Å². The molecule has 1 aliphatic carbocycles. The highest BCUT2D eigenvalue weighted by Crippen LogP contribution is 2.30. The van der Waals surface area contributed by atoms with E-state index in [1.54, 1.807) is 0 Å². The zero-order valence-corrected chi connectivity index (χ0v) is 12.2. The molecule has 0 amide bonds. The summed E-state index contributed by atoms with van der Waals surface area (Å²) in [6, 6.07) is 14.7. The topological polar surface area (TPSA) is 48.7 Å². The second-order valence-corrected chi connectivity index (χ2v) is 5.61. The lowest BCUT2D eigenvalue weighted by Gasteiger charge is -2.28. The number of aryl methyl sites for hydroxylation is 1. The number of nitrogens with one attached hydrogen (secondary N) is 1.